The van der Waals surface area contributed by atoms with Crippen LogP contribution in [0.3, 0.4) is 0 Å². The van der Waals surface area contributed by atoms with E-state index in [1.165, 1.54) is 12.1 Å². The van der Waals surface area contributed by atoms with Crippen LogP contribution in [0.5, 0.6) is 0 Å². The van der Waals surface area contributed by atoms with Gasteiger partial charge < -0.3 is 10.3 Å². The highest BCUT2D eigenvalue weighted by molar-refractivity contribution is 5.80. The summed E-state index contributed by atoms with van der Waals surface area (Å²) in [4.78, 5) is 7.24. The molecule has 1 aromatic carbocycles. The van der Waals surface area contributed by atoms with Gasteiger partial charge in [-0.25, -0.2) is 13.8 Å². The minimum atomic E-state index is -2.85. The molecule has 0 unspecified atom stereocenters. The number of benzene rings is 1. The molecule has 0 aliphatic heterocycles. The van der Waals surface area contributed by atoms with Gasteiger partial charge in [0, 0.05) is 29.8 Å². The van der Waals surface area contributed by atoms with Gasteiger partial charge in [0.2, 0.25) is 0 Å². The Labute approximate surface area is 114 Å². The van der Waals surface area contributed by atoms with Gasteiger partial charge in [0.25, 0.3) is 5.92 Å². The summed E-state index contributed by atoms with van der Waals surface area (Å²) in [6.07, 6.45) is 3.47. The zero-order valence-electron chi connectivity index (χ0n) is 10.8. The van der Waals surface area contributed by atoms with Gasteiger partial charge in [-0.2, -0.15) is 0 Å². The number of H-pyrrole nitrogens is 1. The zero-order valence-corrected chi connectivity index (χ0v) is 10.8. The number of aromatic amines is 1. The number of pyridine rings is 1. The van der Waals surface area contributed by atoms with Crippen LogP contribution in [-0.2, 0) is 5.92 Å². The molecule has 3 rings (SSSR count). The van der Waals surface area contributed by atoms with Crippen LogP contribution in [0, 0.1) is 0 Å². The Morgan fingerprint density at radius 2 is 2.00 bits per heavy atom. The lowest BCUT2D eigenvalue weighted by atomic mass is 10.1. The van der Waals surface area contributed by atoms with Gasteiger partial charge in [-0.05, 0) is 24.3 Å². The molecule has 0 amide bonds. The third-order valence-corrected chi connectivity index (χ3v) is 3.06. The normalized spacial score (nSPS) is 11.8. The highest BCUT2D eigenvalue weighted by atomic mass is 19.3. The second-order valence-corrected chi connectivity index (χ2v) is 4.73. The monoisotopic (exact) mass is 273 g/mol. The Balaban J connectivity index is 1.90. The van der Waals surface area contributed by atoms with Crippen LogP contribution in [-0.4, -0.2) is 9.97 Å². The van der Waals surface area contributed by atoms with Gasteiger partial charge >= 0.3 is 0 Å². The number of alkyl halides is 2. The van der Waals surface area contributed by atoms with E-state index in [1.807, 2.05) is 12.1 Å². The van der Waals surface area contributed by atoms with Gasteiger partial charge in [-0.1, -0.05) is 12.1 Å². The van der Waals surface area contributed by atoms with Crippen LogP contribution in [0.4, 0.5) is 20.2 Å². The topological polar surface area (TPSA) is 40.7 Å². The minimum absolute atomic E-state index is 0.0156. The number of hydrogen-bond acceptors (Lipinski definition) is 2. The quantitative estimate of drug-likeness (QED) is 0.741. The van der Waals surface area contributed by atoms with E-state index < -0.39 is 5.92 Å². The Bertz CT molecular complexity index is 744. The van der Waals surface area contributed by atoms with E-state index in [2.05, 4.69) is 15.3 Å². The number of nitrogens with one attached hydrogen (secondary N) is 2. The van der Waals surface area contributed by atoms with Gasteiger partial charge in [-0.15, -0.1) is 0 Å². The van der Waals surface area contributed by atoms with E-state index in [9.17, 15) is 8.78 Å². The van der Waals surface area contributed by atoms with Crippen molar-refractivity contribution in [2.75, 3.05) is 5.32 Å². The smallest absolute Gasteiger partial charge is 0.270 e. The molecule has 0 spiro atoms. The lowest BCUT2D eigenvalue weighted by Gasteiger charge is -2.13. The molecule has 0 atom stereocenters. The average Bonchev–Trinajstić information content (AvgIpc) is 2.85. The van der Waals surface area contributed by atoms with Gasteiger partial charge in [-0.3, -0.25) is 0 Å². The molecule has 2 N–H and O–H groups in total. The molecule has 0 aliphatic carbocycles. The molecule has 0 fully saturated rings. The Hall–Kier alpha value is -2.43. The average molecular weight is 273 g/mol. The van der Waals surface area contributed by atoms with Crippen molar-refractivity contribution in [2.24, 2.45) is 0 Å². The van der Waals surface area contributed by atoms with E-state index in [-0.39, 0.29) is 5.56 Å². The summed E-state index contributed by atoms with van der Waals surface area (Å²) in [5.41, 5.74) is 2.15. The number of nitrogens with zero attached hydrogens (tertiary/aromatic N) is 1. The molecule has 2 heterocycles. The molecule has 0 saturated carbocycles. The van der Waals surface area contributed by atoms with Crippen molar-refractivity contribution >= 4 is 22.4 Å². The molecule has 20 heavy (non-hydrogen) atoms. The summed E-state index contributed by atoms with van der Waals surface area (Å²) in [6, 6.07) is 10.0. The second-order valence-electron chi connectivity index (χ2n) is 4.73. The van der Waals surface area contributed by atoms with E-state index in [4.69, 9.17) is 0 Å². The molecular weight excluding hydrogens is 260 g/mol. The number of aromatic nitrogens is 2. The first-order chi connectivity index (χ1) is 9.52. The van der Waals surface area contributed by atoms with Crippen molar-refractivity contribution in [3.63, 3.8) is 0 Å². The molecule has 3 nitrogen and oxygen atoms in total. The van der Waals surface area contributed by atoms with Crippen molar-refractivity contribution < 1.29 is 8.78 Å². The van der Waals surface area contributed by atoms with Crippen LogP contribution in [0.25, 0.3) is 11.0 Å². The third-order valence-electron chi connectivity index (χ3n) is 3.06. The predicted octanol–water partition coefficient (Wildman–Crippen LogP) is 4.42. The summed E-state index contributed by atoms with van der Waals surface area (Å²) in [5.74, 6) is -2.85. The van der Waals surface area contributed by atoms with Crippen molar-refractivity contribution in [2.45, 2.75) is 12.8 Å². The predicted molar refractivity (Wildman–Crippen MR) is 75.4 cm³/mol. The lowest BCUT2D eigenvalue weighted by molar-refractivity contribution is 0.0175. The fraction of sp³-hybridized carbons (Fsp3) is 0.133. The highest BCUT2D eigenvalue weighted by Gasteiger charge is 2.24. The van der Waals surface area contributed by atoms with Crippen molar-refractivity contribution in [3.05, 3.63) is 54.4 Å². The zero-order chi connectivity index (χ0) is 14.2. The van der Waals surface area contributed by atoms with Gasteiger partial charge in [0.1, 0.15) is 5.65 Å². The Kier molecular flexibility index (Phi) is 2.89. The number of fused-ring (bicyclic) bond motifs is 1. The van der Waals surface area contributed by atoms with E-state index in [1.54, 1.807) is 24.5 Å². The van der Waals surface area contributed by atoms with Crippen LogP contribution in [0.15, 0.2) is 48.8 Å². The molecule has 0 radical (unpaired) electrons. The summed E-state index contributed by atoms with van der Waals surface area (Å²) in [6.45, 7) is 0.888. The minimum Gasteiger partial charge on any atom is -0.354 e. The molecule has 102 valence electrons. The first-order valence-corrected chi connectivity index (χ1v) is 6.21. The number of anilines is 2. The van der Waals surface area contributed by atoms with E-state index in [0.29, 0.717) is 5.69 Å². The lowest BCUT2D eigenvalue weighted by Crippen LogP contribution is -2.07. The third kappa shape index (κ3) is 2.47. The molecule has 2 aromatic heterocycles. The van der Waals surface area contributed by atoms with Crippen molar-refractivity contribution in [1.82, 2.24) is 9.97 Å². The largest absolute Gasteiger partial charge is 0.354 e. The Morgan fingerprint density at radius 3 is 2.80 bits per heavy atom. The number of halogens is 2. The molecule has 0 saturated heterocycles. The van der Waals surface area contributed by atoms with Crippen molar-refractivity contribution in [1.29, 1.82) is 0 Å². The summed E-state index contributed by atoms with van der Waals surface area (Å²) >= 11 is 0. The second kappa shape index (κ2) is 4.59. The molecule has 0 bridgehead atoms. The van der Waals surface area contributed by atoms with Crippen molar-refractivity contribution in [3.8, 4) is 0 Å². The first kappa shape index (κ1) is 12.6. The number of hydrogen-bond donors (Lipinski definition) is 2. The molecule has 3 aromatic rings. The summed E-state index contributed by atoms with van der Waals surface area (Å²) in [7, 11) is 0. The summed E-state index contributed by atoms with van der Waals surface area (Å²) < 4.78 is 26.6. The fourth-order valence-electron chi connectivity index (χ4n) is 2.04. The standard InChI is InChI=1S/C15H13F2N3/c1-15(16,17)11-3-2-4-12(8-11)20-13-7-10-5-6-18-14(10)19-9-13/h2-9,20H,1H3,(H,18,19). The maximum absolute atomic E-state index is 13.3. The van der Waals surface area contributed by atoms with Crippen LogP contribution >= 0.6 is 0 Å². The van der Waals surface area contributed by atoms with E-state index in [0.717, 1.165) is 23.6 Å². The van der Waals surface area contributed by atoms with E-state index >= 15 is 0 Å². The molecule has 5 heteroatoms. The summed E-state index contributed by atoms with van der Waals surface area (Å²) in [5, 5.41) is 4.05. The molecular formula is C15H13F2N3. The van der Waals surface area contributed by atoms with Gasteiger partial charge in [0.15, 0.2) is 0 Å². The maximum atomic E-state index is 13.3. The maximum Gasteiger partial charge on any atom is 0.270 e. The SMILES string of the molecule is CC(F)(F)c1cccc(Nc2cnc3[nH]ccc3c2)c1. The van der Waals surface area contributed by atoms with Crippen LogP contribution < -0.4 is 5.32 Å². The van der Waals surface area contributed by atoms with Crippen LogP contribution in [0.2, 0.25) is 0 Å². The first-order valence-electron chi connectivity index (χ1n) is 6.21. The molecule has 0 aliphatic rings. The van der Waals surface area contributed by atoms with Crippen LogP contribution in [0.1, 0.15) is 12.5 Å². The highest BCUT2D eigenvalue weighted by Crippen LogP contribution is 2.29. The number of rotatable bonds is 3. The van der Waals surface area contributed by atoms with Gasteiger partial charge in [0.05, 0.1) is 11.9 Å². The fourth-order valence-corrected chi connectivity index (χ4v) is 2.04. The Morgan fingerprint density at radius 1 is 1.15 bits per heavy atom.